The van der Waals surface area contributed by atoms with Gasteiger partial charge in [0.15, 0.2) is 0 Å². The van der Waals surface area contributed by atoms with E-state index in [0.29, 0.717) is 6.42 Å². The summed E-state index contributed by atoms with van der Waals surface area (Å²) in [5, 5.41) is 1.05. The molecule has 0 aromatic heterocycles. The third-order valence-electron chi connectivity index (χ3n) is 3.32. The fourth-order valence-electron chi connectivity index (χ4n) is 1.94. The highest BCUT2D eigenvalue weighted by molar-refractivity contribution is 5.81. The number of hydrogen-bond acceptors (Lipinski definition) is 3. The zero-order chi connectivity index (χ0) is 14.8. The van der Waals surface area contributed by atoms with Gasteiger partial charge in [-0.1, -0.05) is 39.0 Å². The minimum Gasteiger partial charge on any atom is -0.320 e. The molecule has 106 valence electrons. The number of hydrazine groups is 1. The van der Waals surface area contributed by atoms with Gasteiger partial charge in [-0.3, -0.25) is 9.80 Å². The van der Waals surface area contributed by atoms with Gasteiger partial charge < -0.3 is 5.73 Å². The van der Waals surface area contributed by atoms with Crippen LogP contribution in [0.15, 0.2) is 18.2 Å². The normalized spacial score (nSPS) is 13.2. The number of likely N-dealkylation sites (N-methyl/N-ethyl adjacent to an activating group) is 1. The third-order valence-corrected chi connectivity index (χ3v) is 3.32. The Labute approximate surface area is 115 Å². The van der Waals surface area contributed by atoms with Crippen molar-refractivity contribution >= 4 is 5.91 Å². The molecule has 0 heterocycles. The number of carbonyl (C=O) groups is 1. The van der Waals surface area contributed by atoms with E-state index in [-0.39, 0.29) is 11.3 Å². The summed E-state index contributed by atoms with van der Waals surface area (Å²) in [6, 6.07) is 5.75. The molecule has 0 aliphatic heterocycles. The Bertz CT molecular complexity index is 461. The number of hydrogen-bond donors (Lipinski definition) is 2. The van der Waals surface area contributed by atoms with Gasteiger partial charge in [0.05, 0.1) is 6.04 Å². The summed E-state index contributed by atoms with van der Waals surface area (Å²) < 4.78 is 0. The topological polar surface area (TPSA) is 72.4 Å². The van der Waals surface area contributed by atoms with Crippen molar-refractivity contribution in [2.24, 2.45) is 11.6 Å². The highest BCUT2D eigenvalue weighted by atomic mass is 16.2. The standard InChI is InChI=1S/C15H25N3O/c1-10-6-7-12(15(2,3)4)8-11(10)9-13(16)14(19)18(5)17/h6-8,13H,9,16-17H2,1-5H3. The van der Waals surface area contributed by atoms with E-state index in [2.05, 4.69) is 39.0 Å². The van der Waals surface area contributed by atoms with E-state index in [1.165, 1.54) is 12.6 Å². The third kappa shape index (κ3) is 4.04. The molecule has 4 nitrogen and oxygen atoms in total. The second-order valence-corrected chi connectivity index (χ2v) is 6.15. The van der Waals surface area contributed by atoms with Gasteiger partial charge in [-0.15, -0.1) is 0 Å². The van der Waals surface area contributed by atoms with Gasteiger partial charge >= 0.3 is 0 Å². The summed E-state index contributed by atoms with van der Waals surface area (Å²) in [4.78, 5) is 11.7. The smallest absolute Gasteiger partial charge is 0.253 e. The average Bonchev–Trinajstić information content (AvgIpc) is 2.29. The maximum absolute atomic E-state index is 11.7. The molecular weight excluding hydrogens is 238 g/mol. The molecule has 0 aliphatic rings. The molecule has 0 saturated heterocycles. The first-order valence-electron chi connectivity index (χ1n) is 6.50. The molecule has 0 bridgehead atoms. The van der Waals surface area contributed by atoms with Crippen LogP contribution in [0, 0.1) is 6.92 Å². The minimum atomic E-state index is -0.594. The molecule has 1 amide bonds. The van der Waals surface area contributed by atoms with Crippen molar-refractivity contribution in [3.05, 3.63) is 34.9 Å². The second-order valence-electron chi connectivity index (χ2n) is 6.15. The summed E-state index contributed by atoms with van der Waals surface area (Å²) in [5.74, 6) is 5.18. The van der Waals surface area contributed by atoms with Gasteiger partial charge in [0.25, 0.3) is 5.91 Å². The summed E-state index contributed by atoms with van der Waals surface area (Å²) in [7, 11) is 1.51. The van der Waals surface area contributed by atoms with E-state index in [9.17, 15) is 4.79 Å². The molecule has 1 unspecified atom stereocenters. The predicted octanol–water partition coefficient (Wildman–Crippen LogP) is 1.49. The van der Waals surface area contributed by atoms with Crippen LogP contribution in [-0.4, -0.2) is 24.0 Å². The van der Waals surface area contributed by atoms with E-state index in [4.69, 9.17) is 11.6 Å². The number of amides is 1. The summed E-state index contributed by atoms with van der Waals surface area (Å²) in [6.07, 6.45) is 0.510. The molecule has 1 aromatic carbocycles. The number of aryl methyl sites for hydroxylation is 1. The summed E-state index contributed by atoms with van der Waals surface area (Å²) >= 11 is 0. The van der Waals surface area contributed by atoms with Gasteiger partial charge in [0.2, 0.25) is 0 Å². The number of rotatable bonds is 3. The van der Waals surface area contributed by atoms with Crippen LogP contribution in [0.2, 0.25) is 0 Å². The number of nitrogens with two attached hydrogens (primary N) is 2. The maximum Gasteiger partial charge on any atom is 0.253 e. The summed E-state index contributed by atoms with van der Waals surface area (Å²) in [5.41, 5.74) is 9.49. The van der Waals surface area contributed by atoms with Crippen molar-refractivity contribution in [3.63, 3.8) is 0 Å². The largest absolute Gasteiger partial charge is 0.320 e. The SMILES string of the molecule is Cc1ccc(C(C)(C)C)cc1CC(N)C(=O)N(C)N. The van der Waals surface area contributed by atoms with Crippen molar-refractivity contribution < 1.29 is 4.79 Å². The highest BCUT2D eigenvalue weighted by Gasteiger charge is 2.19. The van der Waals surface area contributed by atoms with Gasteiger partial charge in [-0.05, 0) is 35.4 Å². The van der Waals surface area contributed by atoms with Crippen molar-refractivity contribution in [2.45, 2.75) is 45.6 Å². The maximum atomic E-state index is 11.7. The van der Waals surface area contributed by atoms with Gasteiger partial charge in [-0.25, -0.2) is 5.84 Å². The number of nitrogens with zero attached hydrogens (tertiary/aromatic N) is 1. The Kier molecular flexibility index (Phi) is 4.71. The van der Waals surface area contributed by atoms with Gasteiger partial charge in [0, 0.05) is 7.05 Å². The summed E-state index contributed by atoms with van der Waals surface area (Å²) in [6.45, 7) is 8.53. The lowest BCUT2D eigenvalue weighted by molar-refractivity contribution is -0.131. The van der Waals surface area contributed by atoms with Crippen LogP contribution >= 0.6 is 0 Å². The Balaban J connectivity index is 2.98. The lowest BCUT2D eigenvalue weighted by Crippen LogP contribution is -2.46. The Morgan fingerprint density at radius 3 is 2.42 bits per heavy atom. The zero-order valence-corrected chi connectivity index (χ0v) is 12.5. The molecule has 1 rings (SSSR count). The van der Waals surface area contributed by atoms with E-state index >= 15 is 0 Å². The van der Waals surface area contributed by atoms with E-state index < -0.39 is 6.04 Å². The van der Waals surface area contributed by atoms with Crippen LogP contribution in [0.25, 0.3) is 0 Å². The first-order valence-corrected chi connectivity index (χ1v) is 6.50. The molecule has 1 aromatic rings. The zero-order valence-electron chi connectivity index (χ0n) is 12.5. The van der Waals surface area contributed by atoms with Crippen molar-refractivity contribution in [1.82, 2.24) is 5.01 Å². The minimum absolute atomic E-state index is 0.0845. The number of benzene rings is 1. The quantitative estimate of drug-likeness (QED) is 0.493. The monoisotopic (exact) mass is 263 g/mol. The molecule has 4 N–H and O–H groups in total. The lowest BCUT2D eigenvalue weighted by Gasteiger charge is -2.22. The Morgan fingerprint density at radius 1 is 1.37 bits per heavy atom. The molecule has 0 radical (unpaired) electrons. The first kappa shape index (κ1) is 15.7. The Hall–Kier alpha value is -1.39. The van der Waals surface area contributed by atoms with Crippen LogP contribution < -0.4 is 11.6 Å². The van der Waals surface area contributed by atoms with Gasteiger partial charge in [-0.2, -0.15) is 0 Å². The number of carbonyl (C=O) groups excluding carboxylic acids is 1. The fourth-order valence-corrected chi connectivity index (χ4v) is 1.94. The molecule has 4 heteroatoms. The molecule has 0 aliphatic carbocycles. The lowest BCUT2D eigenvalue weighted by atomic mass is 9.84. The van der Waals surface area contributed by atoms with Crippen LogP contribution in [0.3, 0.4) is 0 Å². The van der Waals surface area contributed by atoms with Gasteiger partial charge in [0.1, 0.15) is 0 Å². The molecule has 0 spiro atoms. The van der Waals surface area contributed by atoms with Crippen molar-refractivity contribution in [2.75, 3.05) is 7.05 Å². The van der Waals surface area contributed by atoms with E-state index in [1.54, 1.807) is 0 Å². The molecular formula is C15H25N3O. The van der Waals surface area contributed by atoms with Crippen LogP contribution in [0.4, 0.5) is 0 Å². The highest BCUT2D eigenvalue weighted by Crippen LogP contribution is 2.25. The molecule has 0 saturated carbocycles. The van der Waals surface area contributed by atoms with Crippen LogP contribution in [-0.2, 0) is 16.6 Å². The van der Waals surface area contributed by atoms with Crippen LogP contribution in [0.1, 0.15) is 37.5 Å². The Morgan fingerprint density at radius 2 is 1.95 bits per heavy atom. The first-order chi connectivity index (χ1) is 8.62. The molecule has 1 atom stereocenters. The fraction of sp³-hybridized carbons (Fsp3) is 0.533. The van der Waals surface area contributed by atoms with Crippen molar-refractivity contribution in [1.29, 1.82) is 0 Å². The van der Waals surface area contributed by atoms with Crippen molar-refractivity contribution in [3.8, 4) is 0 Å². The second kappa shape index (κ2) is 5.72. The van der Waals surface area contributed by atoms with Crippen LogP contribution in [0.5, 0.6) is 0 Å². The predicted molar refractivity (Wildman–Crippen MR) is 78.5 cm³/mol. The molecule has 19 heavy (non-hydrogen) atoms. The molecule has 0 fully saturated rings. The van der Waals surface area contributed by atoms with E-state index in [0.717, 1.165) is 16.1 Å². The average molecular weight is 263 g/mol. The van der Waals surface area contributed by atoms with E-state index in [1.807, 2.05) is 6.92 Å².